The van der Waals surface area contributed by atoms with Crippen LogP contribution in [0.5, 0.6) is 0 Å². The van der Waals surface area contributed by atoms with Crippen molar-refractivity contribution in [2.75, 3.05) is 5.75 Å². The molecule has 0 radical (unpaired) electrons. The number of hydrogen-bond acceptors (Lipinski definition) is 4. The van der Waals surface area contributed by atoms with Crippen LogP contribution in [0.3, 0.4) is 0 Å². The van der Waals surface area contributed by atoms with Crippen LogP contribution < -0.4 is 0 Å². The van der Waals surface area contributed by atoms with Crippen LogP contribution in [-0.2, 0) is 22.0 Å². The van der Waals surface area contributed by atoms with Crippen LogP contribution in [-0.4, -0.2) is 30.2 Å². The largest absolute Gasteiger partial charge is 0.478 e. The van der Waals surface area contributed by atoms with Crippen molar-refractivity contribution >= 4 is 15.8 Å². The molecule has 15 heavy (non-hydrogen) atoms. The van der Waals surface area contributed by atoms with Crippen molar-refractivity contribution in [2.24, 2.45) is 0 Å². The molecule has 0 aromatic carbocycles. The molecule has 2 rings (SSSR count). The molecule has 0 atom stereocenters. The van der Waals surface area contributed by atoms with Gasteiger partial charge in [0.25, 0.3) is 0 Å². The Hall–Kier alpha value is -1.43. The highest BCUT2D eigenvalue weighted by Gasteiger charge is 2.25. The highest BCUT2D eigenvalue weighted by atomic mass is 32.2. The maximum Gasteiger partial charge on any atom is 0.337 e. The Balaban J connectivity index is 2.60. The van der Waals surface area contributed by atoms with E-state index in [1.165, 1.54) is 12.4 Å². The van der Waals surface area contributed by atoms with Crippen molar-refractivity contribution in [1.82, 2.24) is 4.98 Å². The summed E-state index contributed by atoms with van der Waals surface area (Å²) in [6.45, 7) is 0. The lowest BCUT2D eigenvalue weighted by molar-refractivity contribution is 0.0695. The normalized spacial score (nSPS) is 18.1. The summed E-state index contributed by atoms with van der Waals surface area (Å²) in [6.07, 6.45) is 3.09. The maximum absolute atomic E-state index is 11.4. The topological polar surface area (TPSA) is 84.3 Å². The average molecular weight is 227 g/mol. The van der Waals surface area contributed by atoms with Gasteiger partial charge in [0.15, 0.2) is 9.84 Å². The number of hydrogen-bond donors (Lipinski definition) is 1. The van der Waals surface area contributed by atoms with Crippen molar-refractivity contribution in [3.63, 3.8) is 0 Å². The van der Waals surface area contributed by atoms with Gasteiger partial charge in [-0.25, -0.2) is 13.2 Å². The SMILES string of the molecule is O=C(O)c1cncc2c1CS(=O)(=O)CC2. The lowest BCUT2D eigenvalue weighted by atomic mass is 10.0. The summed E-state index contributed by atoms with van der Waals surface area (Å²) in [5.41, 5.74) is 1.12. The fraction of sp³-hybridized carbons (Fsp3) is 0.333. The summed E-state index contributed by atoms with van der Waals surface area (Å²) < 4.78 is 22.7. The van der Waals surface area contributed by atoms with Gasteiger partial charge in [0.2, 0.25) is 0 Å². The Bertz CT molecular complexity index is 521. The Kier molecular flexibility index (Phi) is 2.22. The Morgan fingerprint density at radius 1 is 1.40 bits per heavy atom. The van der Waals surface area contributed by atoms with Crippen molar-refractivity contribution in [2.45, 2.75) is 12.2 Å². The highest BCUT2D eigenvalue weighted by Crippen LogP contribution is 2.23. The predicted molar refractivity (Wildman–Crippen MR) is 52.4 cm³/mol. The number of rotatable bonds is 1. The van der Waals surface area contributed by atoms with Gasteiger partial charge in [-0.05, 0) is 17.5 Å². The molecule has 5 nitrogen and oxygen atoms in total. The standard InChI is InChI=1S/C9H9NO4S/c11-9(12)7-4-10-3-6-1-2-15(13,14)5-8(6)7/h3-4H,1-2,5H2,(H,11,12). The summed E-state index contributed by atoms with van der Waals surface area (Å²) in [5, 5.41) is 8.88. The molecule has 0 aliphatic carbocycles. The Morgan fingerprint density at radius 2 is 2.13 bits per heavy atom. The number of fused-ring (bicyclic) bond motifs is 1. The molecule has 1 aromatic heterocycles. The Labute approximate surface area is 86.7 Å². The van der Waals surface area contributed by atoms with Crippen molar-refractivity contribution < 1.29 is 18.3 Å². The fourth-order valence-electron chi connectivity index (χ4n) is 1.66. The molecule has 1 aliphatic heterocycles. The van der Waals surface area contributed by atoms with E-state index >= 15 is 0 Å². The molecule has 2 heterocycles. The number of nitrogens with zero attached hydrogens (tertiary/aromatic N) is 1. The molecule has 1 aromatic rings. The number of carbonyl (C=O) groups is 1. The highest BCUT2D eigenvalue weighted by molar-refractivity contribution is 7.90. The lowest BCUT2D eigenvalue weighted by Crippen LogP contribution is -2.21. The minimum absolute atomic E-state index is 0.00391. The quantitative estimate of drug-likeness (QED) is 0.743. The molecular weight excluding hydrogens is 218 g/mol. The van der Waals surface area contributed by atoms with E-state index in [2.05, 4.69) is 4.98 Å². The van der Waals surface area contributed by atoms with Crippen LogP contribution in [0, 0.1) is 0 Å². The van der Waals surface area contributed by atoms with Gasteiger partial charge in [-0.1, -0.05) is 0 Å². The van der Waals surface area contributed by atoms with Crippen LogP contribution in [0.15, 0.2) is 12.4 Å². The van der Waals surface area contributed by atoms with Gasteiger partial charge in [0.05, 0.1) is 17.1 Å². The number of carboxylic acid groups (broad SMARTS) is 1. The maximum atomic E-state index is 11.4. The first-order valence-electron chi connectivity index (χ1n) is 4.39. The predicted octanol–water partition coefficient (Wildman–Crippen LogP) is 0.251. The zero-order chi connectivity index (χ0) is 11.1. The summed E-state index contributed by atoms with van der Waals surface area (Å²) in [7, 11) is -3.14. The molecule has 0 saturated heterocycles. The van der Waals surface area contributed by atoms with Gasteiger partial charge in [-0.2, -0.15) is 0 Å². The van der Waals surface area contributed by atoms with Crippen LogP contribution in [0.2, 0.25) is 0 Å². The van der Waals surface area contributed by atoms with Gasteiger partial charge in [0, 0.05) is 12.4 Å². The fourth-order valence-corrected chi connectivity index (χ4v) is 3.11. The summed E-state index contributed by atoms with van der Waals surface area (Å²) >= 11 is 0. The van der Waals surface area contributed by atoms with Gasteiger partial charge < -0.3 is 5.11 Å². The van der Waals surface area contributed by atoms with Crippen molar-refractivity contribution in [3.05, 3.63) is 29.1 Å². The van der Waals surface area contributed by atoms with E-state index in [4.69, 9.17) is 5.11 Å². The third kappa shape index (κ3) is 1.85. The first-order chi connectivity index (χ1) is 6.99. The first kappa shape index (κ1) is 10.1. The minimum atomic E-state index is -3.14. The van der Waals surface area contributed by atoms with E-state index in [0.717, 1.165) is 5.56 Å². The van der Waals surface area contributed by atoms with Gasteiger partial charge in [0.1, 0.15) is 0 Å². The molecule has 1 N–H and O–H groups in total. The molecule has 6 heteroatoms. The smallest absolute Gasteiger partial charge is 0.337 e. The van der Waals surface area contributed by atoms with Crippen molar-refractivity contribution in [1.29, 1.82) is 0 Å². The van der Waals surface area contributed by atoms with E-state index in [1.54, 1.807) is 0 Å². The van der Waals surface area contributed by atoms with Gasteiger partial charge >= 0.3 is 5.97 Å². The molecule has 0 fully saturated rings. The molecule has 0 amide bonds. The molecule has 1 aliphatic rings. The number of pyridine rings is 1. The van der Waals surface area contributed by atoms with Crippen LogP contribution in [0.25, 0.3) is 0 Å². The summed E-state index contributed by atoms with van der Waals surface area (Å²) in [5.74, 6) is -1.24. The number of sulfone groups is 1. The monoisotopic (exact) mass is 227 g/mol. The minimum Gasteiger partial charge on any atom is -0.478 e. The van der Waals surface area contributed by atoms with Crippen LogP contribution in [0.1, 0.15) is 21.5 Å². The molecule has 0 spiro atoms. The number of carboxylic acids is 1. The second-order valence-corrected chi connectivity index (χ2v) is 5.66. The molecule has 0 saturated carbocycles. The third-order valence-electron chi connectivity index (χ3n) is 2.42. The second kappa shape index (κ2) is 3.30. The van der Waals surface area contributed by atoms with E-state index < -0.39 is 15.8 Å². The first-order valence-corrected chi connectivity index (χ1v) is 6.21. The third-order valence-corrected chi connectivity index (χ3v) is 3.98. The van der Waals surface area contributed by atoms with E-state index in [0.29, 0.717) is 12.0 Å². The van der Waals surface area contributed by atoms with Crippen LogP contribution in [0.4, 0.5) is 0 Å². The van der Waals surface area contributed by atoms with Crippen LogP contribution >= 0.6 is 0 Å². The lowest BCUT2D eigenvalue weighted by Gasteiger charge is -2.17. The zero-order valence-corrected chi connectivity index (χ0v) is 8.62. The van der Waals surface area contributed by atoms with Gasteiger partial charge in [-0.3, -0.25) is 4.98 Å². The number of aryl methyl sites for hydroxylation is 1. The van der Waals surface area contributed by atoms with E-state index in [-0.39, 0.29) is 17.1 Å². The molecule has 80 valence electrons. The summed E-state index contributed by atoms with van der Waals surface area (Å²) in [6, 6.07) is 0. The molecule has 0 bridgehead atoms. The van der Waals surface area contributed by atoms with Crippen molar-refractivity contribution in [3.8, 4) is 0 Å². The Morgan fingerprint density at radius 3 is 2.80 bits per heavy atom. The second-order valence-electron chi connectivity index (χ2n) is 3.47. The molecule has 0 unspecified atom stereocenters. The number of aromatic nitrogens is 1. The zero-order valence-electron chi connectivity index (χ0n) is 7.80. The number of aromatic carboxylic acids is 1. The molecular formula is C9H9NO4S. The van der Waals surface area contributed by atoms with E-state index in [1.807, 2.05) is 0 Å². The summed E-state index contributed by atoms with van der Waals surface area (Å²) in [4.78, 5) is 14.6. The van der Waals surface area contributed by atoms with Gasteiger partial charge in [-0.15, -0.1) is 0 Å². The van der Waals surface area contributed by atoms with E-state index in [9.17, 15) is 13.2 Å². The average Bonchev–Trinajstić information content (AvgIpc) is 2.15.